The molecule has 0 aliphatic carbocycles. The molecule has 1 fully saturated rings. The fourth-order valence-electron chi connectivity index (χ4n) is 3.76. The maximum Gasteiger partial charge on any atom is 0.232 e. The van der Waals surface area contributed by atoms with Crippen LogP contribution in [0.3, 0.4) is 0 Å². The molecule has 3 N–H and O–H groups in total. The van der Waals surface area contributed by atoms with E-state index in [2.05, 4.69) is 20.4 Å². The van der Waals surface area contributed by atoms with Gasteiger partial charge in [-0.15, -0.1) is 0 Å². The summed E-state index contributed by atoms with van der Waals surface area (Å²) in [7, 11) is 0. The molecule has 5 rings (SSSR count). The molecule has 28 heavy (non-hydrogen) atoms. The number of carbonyl (C=O) groups excluding carboxylic acids is 1. The molecule has 0 bridgehead atoms. The number of ketones is 1. The summed E-state index contributed by atoms with van der Waals surface area (Å²) in [5, 5.41) is 21.9. The summed E-state index contributed by atoms with van der Waals surface area (Å²) < 4.78 is 5.95. The summed E-state index contributed by atoms with van der Waals surface area (Å²) in [4.78, 5) is 15.1. The predicted molar refractivity (Wildman–Crippen MR) is 105 cm³/mol. The highest BCUT2D eigenvalue weighted by Gasteiger charge is 2.32. The number of rotatable bonds is 3. The zero-order valence-corrected chi connectivity index (χ0v) is 15.2. The van der Waals surface area contributed by atoms with Gasteiger partial charge in [0.2, 0.25) is 5.78 Å². The van der Waals surface area contributed by atoms with E-state index in [1.165, 1.54) is 0 Å². The number of H-pyrrole nitrogens is 1. The van der Waals surface area contributed by atoms with E-state index in [0.717, 1.165) is 37.1 Å². The number of piperazine rings is 1. The third-order valence-corrected chi connectivity index (χ3v) is 5.28. The Balaban J connectivity index is 1.50. The normalized spacial score (nSPS) is 18.6. The number of phenolic OH excluding ortho intramolecular Hbond substituents is 1. The summed E-state index contributed by atoms with van der Waals surface area (Å²) in [6, 6.07) is 10.9. The second-order valence-electron chi connectivity index (χ2n) is 7.06. The molecule has 2 aromatic carbocycles. The topological polar surface area (TPSA) is 90.5 Å². The molecule has 3 heterocycles. The molecule has 1 aromatic heterocycles. The second-order valence-corrected chi connectivity index (χ2v) is 7.06. The van der Waals surface area contributed by atoms with Crippen LogP contribution in [0, 0.1) is 0 Å². The van der Waals surface area contributed by atoms with Crippen molar-refractivity contribution in [2.45, 2.75) is 6.54 Å². The van der Waals surface area contributed by atoms with Crippen molar-refractivity contribution in [1.82, 2.24) is 20.4 Å². The Labute approximate surface area is 161 Å². The van der Waals surface area contributed by atoms with Gasteiger partial charge in [0.1, 0.15) is 11.5 Å². The highest BCUT2D eigenvalue weighted by atomic mass is 16.5. The number of hydrogen-bond acceptors (Lipinski definition) is 6. The van der Waals surface area contributed by atoms with Crippen LogP contribution < -0.4 is 10.1 Å². The summed E-state index contributed by atoms with van der Waals surface area (Å²) in [6.07, 6.45) is 1.66. The number of para-hydroxylation sites is 1. The molecule has 0 spiro atoms. The van der Waals surface area contributed by atoms with E-state index in [1.807, 2.05) is 24.3 Å². The first kappa shape index (κ1) is 17.0. The molecular weight excluding hydrogens is 356 g/mol. The number of nitrogens with zero attached hydrogens (tertiary/aromatic N) is 2. The van der Waals surface area contributed by atoms with Crippen LogP contribution in [0.15, 0.2) is 42.2 Å². The standard InChI is InChI=1S/C21H20N4O3/c26-18-6-5-14-20(27)19(11-17-13-3-1-2-4-16(13)23-24-17)28-21(14)15(18)12-25-9-7-22-8-10-25/h1-6,11,22,26H,7-10,12H2,(H,23,24)/b19-11-. The third-order valence-electron chi connectivity index (χ3n) is 5.28. The smallest absolute Gasteiger partial charge is 0.232 e. The Bertz CT molecular complexity index is 1100. The number of Topliss-reactive ketones (excluding diaryl/α,β-unsaturated/α-hetero) is 1. The van der Waals surface area contributed by atoms with E-state index in [-0.39, 0.29) is 17.3 Å². The molecule has 2 aliphatic heterocycles. The lowest BCUT2D eigenvalue weighted by Gasteiger charge is -2.27. The lowest BCUT2D eigenvalue weighted by atomic mass is 10.0. The van der Waals surface area contributed by atoms with Gasteiger partial charge in [-0.25, -0.2) is 0 Å². The van der Waals surface area contributed by atoms with Gasteiger partial charge in [-0.2, -0.15) is 5.10 Å². The molecule has 0 saturated carbocycles. The number of hydrogen-bond donors (Lipinski definition) is 3. The SMILES string of the molecule is O=C1/C(=C/c2n[nH]c3ccccc23)Oc2c1ccc(O)c2CN1CCNCC1. The molecule has 142 valence electrons. The fraction of sp³-hybridized carbons (Fsp3) is 0.238. The first-order chi connectivity index (χ1) is 13.7. The van der Waals surface area contributed by atoms with Crippen LogP contribution >= 0.6 is 0 Å². The molecule has 0 atom stereocenters. The first-order valence-electron chi connectivity index (χ1n) is 9.36. The molecule has 2 aliphatic rings. The average molecular weight is 376 g/mol. The maximum atomic E-state index is 12.9. The van der Waals surface area contributed by atoms with E-state index >= 15 is 0 Å². The van der Waals surface area contributed by atoms with Crippen molar-refractivity contribution >= 4 is 22.8 Å². The summed E-state index contributed by atoms with van der Waals surface area (Å²) in [5.74, 6) is 0.634. The Kier molecular flexibility index (Phi) is 4.11. The van der Waals surface area contributed by atoms with Crippen LogP contribution in [0.1, 0.15) is 21.6 Å². The van der Waals surface area contributed by atoms with Crippen LogP contribution in [-0.4, -0.2) is 52.2 Å². The number of carbonyl (C=O) groups is 1. The number of aromatic hydroxyl groups is 1. The molecule has 7 nitrogen and oxygen atoms in total. The van der Waals surface area contributed by atoms with Gasteiger partial charge in [0.05, 0.1) is 22.3 Å². The van der Waals surface area contributed by atoms with E-state index < -0.39 is 0 Å². The zero-order chi connectivity index (χ0) is 19.1. The Hall–Kier alpha value is -3.16. The highest BCUT2D eigenvalue weighted by Crippen LogP contribution is 2.40. The number of aromatic nitrogens is 2. The van der Waals surface area contributed by atoms with Gasteiger partial charge in [0, 0.05) is 44.2 Å². The van der Waals surface area contributed by atoms with E-state index in [9.17, 15) is 9.90 Å². The molecule has 3 aromatic rings. The predicted octanol–water partition coefficient (Wildman–Crippen LogP) is 2.29. The number of benzene rings is 2. The van der Waals surface area contributed by atoms with Crippen molar-refractivity contribution in [3.63, 3.8) is 0 Å². The maximum absolute atomic E-state index is 12.9. The van der Waals surface area contributed by atoms with Gasteiger partial charge in [-0.3, -0.25) is 14.8 Å². The molecule has 1 saturated heterocycles. The van der Waals surface area contributed by atoms with Crippen molar-refractivity contribution in [3.05, 3.63) is 59.0 Å². The first-order valence-corrected chi connectivity index (χ1v) is 9.36. The average Bonchev–Trinajstić information content (AvgIpc) is 3.27. The van der Waals surface area contributed by atoms with Gasteiger partial charge in [0.25, 0.3) is 0 Å². The largest absolute Gasteiger partial charge is 0.507 e. The quantitative estimate of drug-likeness (QED) is 0.608. The van der Waals surface area contributed by atoms with Gasteiger partial charge < -0.3 is 15.2 Å². The van der Waals surface area contributed by atoms with E-state index in [0.29, 0.717) is 29.1 Å². The van der Waals surface area contributed by atoms with E-state index in [4.69, 9.17) is 4.74 Å². The van der Waals surface area contributed by atoms with Crippen LogP contribution in [0.25, 0.3) is 17.0 Å². The minimum atomic E-state index is -0.191. The number of fused-ring (bicyclic) bond motifs is 2. The van der Waals surface area contributed by atoms with Crippen LogP contribution in [0.5, 0.6) is 11.5 Å². The Morgan fingerprint density at radius 2 is 2.00 bits per heavy atom. The summed E-state index contributed by atoms with van der Waals surface area (Å²) in [5.41, 5.74) is 2.69. The monoisotopic (exact) mass is 376 g/mol. The zero-order valence-electron chi connectivity index (χ0n) is 15.2. The number of allylic oxidation sites excluding steroid dienone is 1. The number of phenols is 1. The summed E-state index contributed by atoms with van der Waals surface area (Å²) >= 11 is 0. The van der Waals surface area contributed by atoms with Crippen molar-refractivity contribution in [2.75, 3.05) is 26.2 Å². The van der Waals surface area contributed by atoms with Crippen LogP contribution in [0.2, 0.25) is 0 Å². The van der Waals surface area contributed by atoms with Crippen molar-refractivity contribution in [2.24, 2.45) is 0 Å². The molecule has 7 heteroatoms. The fourth-order valence-corrected chi connectivity index (χ4v) is 3.76. The van der Waals surface area contributed by atoms with Gasteiger partial charge in [0.15, 0.2) is 5.76 Å². The summed E-state index contributed by atoms with van der Waals surface area (Å²) in [6.45, 7) is 4.14. The van der Waals surface area contributed by atoms with Crippen LogP contribution in [0.4, 0.5) is 0 Å². The van der Waals surface area contributed by atoms with E-state index in [1.54, 1.807) is 18.2 Å². The van der Waals surface area contributed by atoms with Gasteiger partial charge in [-0.1, -0.05) is 18.2 Å². The number of nitrogens with one attached hydrogen (secondary N) is 2. The number of aromatic amines is 1. The second kappa shape index (κ2) is 6.78. The minimum Gasteiger partial charge on any atom is -0.507 e. The Morgan fingerprint density at radius 1 is 1.18 bits per heavy atom. The van der Waals surface area contributed by atoms with Crippen molar-refractivity contribution in [1.29, 1.82) is 0 Å². The Morgan fingerprint density at radius 3 is 2.86 bits per heavy atom. The molecule has 0 unspecified atom stereocenters. The van der Waals surface area contributed by atoms with Crippen LogP contribution in [-0.2, 0) is 6.54 Å². The lowest BCUT2D eigenvalue weighted by molar-refractivity contribution is 0.101. The van der Waals surface area contributed by atoms with Gasteiger partial charge >= 0.3 is 0 Å². The van der Waals surface area contributed by atoms with Crippen molar-refractivity contribution < 1.29 is 14.6 Å². The lowest BCUT2D eigenvalue weighted by Crippen LogP contribution is -2.42. The number of ether oxygens (including phenoxy) is 1. The van der Waals surface area contributed by atoms with Gasteiger partial charge in [-0.05, 0) is 18.2 Å². The minimum absolute atomic E-state index is 0.150. The molecular formula is C21H20N4O3. The highest BCUT2D eigenvalue weighted by molar-refractivity contribution is 6.15. The third kappa shape index (κ3) is 2.85. The molecule has 0 radical (unpaired) electrons. The molecule has 0 amide bonds. The van der Waals surface area contributed by atoms with Crippen molar-refractivity contribution in [3.8, 4) is 11.5 Å².